The first-order chi connectivity index (χ1) is 10.7. The van der Waals surface area contributed by atoms with Crippen molar-refractivity contribution in [3.63, 3.8) is 0 Å². The van der Waals surface area contributed by atoms with E-state index in [2.05, 4.69) is 10.2 Å². The number of rotatable bonds is 5. The van der Waals surface area contributed by atoms with Crippen LogP contribution in [0, 0.1) is 0 Å². The summed E-state index contributed by atoms with van der Waals surface area (Å²) in [6.07, 6.45) is 0. The minimum Gasteiger partial charge on any atom is -0.497 e. The topological polar surface area (TPSA) is 57.4 Å². The molecule has 0 spiro atoms. The van der Waals surface area contributed by atoms with Crippen LogP contribution in [0.1, 0.15) is 5.89 Å². The van der Waals surface area contributed by atoms with E-state index in [-0.39, 0.29) is 6.61 Å². The van der Waals surface area contributed by atoms with Crippen molar-refractivity contribution in [3.05, 3.63) is 59.4 Å². The Morgan fingerprint density at radius 2 is 1.86 bits per heavy atom. The van der Waals surface area contributed by atoms with Gasteiger partial charge in [-0.2, -0.15) is 0 Å². The van der Waals surface area contributed by atoms with Crippen LogP contribution in [0.5, 0.6) is 11.5 Å². The summed E-state index contributed by atoms with van der Waals surface area (Å²) in [5.41, 5.74) is 0.796. The maximum absolute atomic E-state index is 5.82. The maximum atomic E-state index is 5.82. The number of halogens is 1. The van der Waals surface area contributed by atoms with Crippen molar-refractivity contribution in [2.75, 3.05) is 7.11 Å². The molecule has 1 heterocycles. The highest BCUT2D eigenvalue weighted by Gasteiger charge is 2.10. The second-order valence-corrected chi connectivity index (χ2v) is 4.91. The monoisotopic (exact) mass is 316 g/mol. The van der Waals surface area contributed by atoms with Crippen LogP contribution >= 0.6 is 11.6 Å². The highest BCUT2D eigenvalue weighted by molar-refractivity contribution is 6.30. The zero-order valence-corrected chi connectivity index (χ0v) is 12.6. The van der Waals surface area contributed by atoms with Gasteiger partial charge in [0.1, 0.15) is 11.5 Å². The van der Waals surface area contributed by atoms with Gasteiger partial charge in [-0.25, -0.2) is 0 Å². The molecule has 3 aromatic rings. The van der Waals surface area contributed by atoms with E-state index in [1.807, 2.05) is 24.3 Å². The molecule has 5 nitrogen and oxygen atoms in total. The Morgan fingerprint density at radius 1 is 1.05 bits per heavy atom. The molecule has 6 heteroatoms. The summed E-state index contributed by atoms with van der Waals surface area (Å²) >= 11 is 5.82. The molecule has 0 aliphatic heterocycles. The smallest absolute Gasteiger partial charge is 0.254 e. The van der Waals surface area contributed by atoms with Gasteiger partial charge in [0.2, 0.25) is 5.89 Å². The van der Waals surface area contributed by atoms with Gasteiger partial charge < -0.3 is 13.9 Å². The summed E-state index contributed by atoms with van der Waals surface area (Å²) < 4.78 is 16.3. The molecule has 0 aliphatic carbocycles. The third-order valence-electron chi connectivity index (χ3n) is 2.96. The van der Waals surface area contributed by atoms with Crippen LogP contribution in [-0.2, 0) is 6.61 Å². The summed E-state index contributed by atoms with van der Waals surface area (Å²) in [6.45, 7) is 0.193. The second-order valence-electron chi connectivity index (χ2n) is 4.48. The predicted octanol–water partition coefficient (Wildman–Crippen LogP) is 3.98. The minimum atomic E-state index is 0.193. The lowest BCUT2D eigenvalue weighted by atomic mass is 10.2. The van der Waals surface area contributed by atoms with E-state index in [9.17, 15) is 0 Å². The van der Waals surface area contributed by atoms with E-state index in [1.165, 1.54) is 0 Å². The molecule has 1 aromatic heterocycles. The lowest BCUT2D eigenvalue weighted by Gasteiger charge is -2.02. The van der Waals surface area contributed by atoms with Crippen molar-refractivity contribution in [2.45, 2.75) is 6.61 Å². The fourth-order valence-electron chi connectivity index (χ4n) is 1.86. The minimum absolute atomic E-state index is 0.193. The van der Waals surface area contributed by atoms with Crippen LogP contribution in [0.2, 0.25) is 5.02 Å². The molecule has 0 bridgehead atoms. The van der Waals surface area contributed by atoms with Gasteiger partial charge in [0.25, 0.3) is 5.89 Å². The Labute approximate surface area is 132 Å². The van der Waals surface area contributed by atoms with Crippen molar-refractivity contribution in [1.82, 2.24) is 10.2 Å². The highest BCUT2D eigenvalue weighted by atomic mass is 35.5. The van der Waals surface area contributed by atoms with Gasteiger partial charge in [-0.05, 0) is 42.5 Å². The molecule has 3 rings (SSSR count). The van der Waals surface area contributed by atoms with Crippen molar-refractivity contribution < 1.29 is 13.9 Å². The molecule has 0 radical (unpaired) electrons. The predicted molar refractivity (Wildman–Crippen MR) is 82.1 cm³/mol. The summed E-state index contributed by atoms with van der Waals surface area (Å²) in [6, 6.07) is 14.5. The van der Waals surface area contributed by atoms with Gasteiger partial charge >= 0.3 is 0 Å². The first-order valence-electron chi connectivity index (χ1n) is 6.60. The molecule has 0 aliphatic rings. The molecule has 22 heavy (non-hydrogen) atoms. The van der Waals surface area contributed by atoms with Crippen LogP contribution in [0.4, 0.5) is 0 Å². The van der Waals surface area contributed by atoms with Crippen LogP contribution in [0.25, 0.3) is 11.5 Å². The standard InChI is InChI=1S/C16H13ClN2O3/c1-20-14-4-2-3-11(9-14)16-19-18-15(22-16)10-21-13-7-5-12(17)6-8-13/h2-9H,10H2,1H3. The summed E-state index contributed by atoms with van der Waals surface area (Å²) in [5.74, 6) is 2.24. The molecular formula is C16H13ClN2O3. The Hall–Kier alpha value is -2.53. The molecule has 0 amide bonds. The van der Waals surface area contributed by atoms with E-state index in [0.717, 1.165) is 11.3 Å². The number of hydrogen-bond acceptors (Lipinski definition) is 5. The first-order valence-corrected chi connectivity index (χ1v) is 6.97. The number of aromatic nitrogens is 2. The van der Waals surface area contributed by atoms with Crippen LogP contribution < -0.4 is 9.47 Å². The molecule has 2 aromatic carbocycles. The van der Waals surface area contributed by atoms with E-state index < -0.39 is 0 Å². The zero-order chi connectivity index (χ0) is 15.4. The van der Waals surface area contributed by atoms with Crippen molar-refractivity contribution in [3.8, 4) is 23.0 Å². The maximum Gasteiger partial charge on any atom is 0.254 e. The summed E-state index contributed by atoms with van der Waals surface area (Å²) in [7, 11) is 1.61. The normalized spacial score (nSPS) is 10.5. The Kier molecular flexibility index (Phi) is 4.25. The Balaban J connectivity index is 1.69. The average Bonchev–Trinajstić information content (AvgIpc) is 3.03. The fraction of sp³-hybridized carbons (Fsp3) is 0.125. The van der Waals surface area contributed by atoms with Crippen molar-refractivity contribution in [2.24, 2.45) is 0 Å². The molecular weight excluding hydrogens is 304 g/mol. The lowest BCUT2D eigenvalue weighted by molar-refractivity contribution is 0.264. The van der Waals surface area contributed by atoms with Gasteiger partial charge in [-0.15, -0.1) is 10.2 Å². The highest BCUT2D eigenvalue weighted by Crippen LogP contribution is 2.23. The van der Waals surface area contributed by atoms with Gasteiger partial charge in [0.05, 0.1) is 7.11 Å². The lowest BCUT2D eigenvalue weighted by Crippen LogP contribution is -1.95. The van der Waals surface area contributed by atoms with Crippen LogP contribution in [-0.4, -0.2) is 17.3 Å². The SMILES string of the molecule is COc1cccc(-c2nnc(COc3ccc(Cl)cc3)o2)c1. The number of nitrogens with zero attached hydrogens (tertiary/aromatic N) is 2. The molecule has 0 unspecified atom stereocenters. The first kappa shape index (κ1) is 14.4. The van der Waals surface area contributed by atoms with Gasteiger partial charge in [0.15, 0.2) is 6.61 Å². The molecule has 0 atom stereocenters. The van der Waals surface area contributed by atoms with E-state index in [4.69, 9.17) is 25.5 Å². The molecule has 0 saturated heterocycles. The summed E-state index contributed by atoms with van der Waals surface area (Å²) in [4.78, 5) is 0. The Bertz CT molecular complexity index is 756. The van der Waals surface area contributed by atoms with Gasteiger partial charge in [-0.1, -0.05) is 17.7 Å². The third kappa shape index (κ3) is 3.38. The third-order valence-corrected chi connectivity index (χ3v) is 3.21. The largest absolute Gasteiger partial charge is 0.497 e. The molecule has 0 fully saturated rings. The zero-order valence-electron chi connectivity index (χ0n) is 11.8. The van der Waals surface area contributed by atoms with Crippen molar-refractivity contribution in [1.29, 1.82) is 0 Å². The van der Waals surface area contributed by atoms with E-state index >= 15 is 0 Å². The molecule has 0 N–H and O–H groups in total. The number of ether oxygens (including phenoxy) is 2. The Morgan fingerprint density at radius 3 is 2.64 bits per heavy atom. The van der Waals surface area contributed by atoms with Gasteiger partial charge in [-0.3, -0.25) is 0 Å². The van der Waals surface area contributed by atoms with Crippen LogP contribution in [0.3, 0.4) is 0 Å². The quantitative estimate of drug-likeness (QED) is 0.712. The second kappa shape index (κ2) is 6.49. The van der Waals surface area contributed by atoms with E-state index in [1.54, 1.807) is 31.4 Å². The van der Waals surface area contributed by atoms with Crippen molar-refractivity contribution >= 4 is 11.6 Å². The summed E-state index contributed by atoms with van der Waals surface area (Å²) in [5, 5.41) is 8.64. The molecule has 0 saturated carbocycles. The number of methoxy groups -OCH3 is 1. The van der Waals surface area contributed by atoms with Crippen LogP contribution in [0.15, 0.2) is 52.9 Å². The van der Waals surface area contributed by atoms with Gasteiger partial charge in [0, 0.05) is 10.6 Å². The molecule has 112 valence electrons. The average molecular weight is 317 g/mol. The number of benzene rings is 2. The van der Waals surface area contributed by atoms with E-state index in [0.29, 0.717) is 22.6 Å². The number of hydrogen-bond donors (Lipinski definition) is 0. The fourth-order valence-corrected chi connectivity index (χ4v) is 1.99.